The molecule has 2 aliphatic rings. The van der Waals surface area contributed by atoms with Gasteiger partial charge in [-0.25, -0.2) is 4.39 Å². The lowest BCUT2D eigenvalue weighted by Crippen LogP contribution is -2.52. The van der Waals surface area contributed by atoms with Crippen LogP contribution in [0.3, 0.4) is 0 Å². The summed E-state index contributed by atoms with van der Waals surface area (Å²) in [5.41, 5.74) is 0.605. The molecule has 0 aromatic heterocycles. The zero-order valence-corrected chi connectivity index (χ0v) is 12.6. The second kappa shape index (κ2) is 5.90. The van der Waals surface area contributed by atoms with Crippen molar-refractivity contribution in [3.63, 3.8) is 0 Å². The standard InChI is InChI=1S/C18H24FNO/c1-14-13-20(12-10-18(14,21)16-6-7-16)11-2-3-15-4-8-17(19)9-5-15/h2-5,8-9,14,16,21H,6-7,10-13H2,1H3/t14-,18+/m1/s1. The molecule has 3 rings (SSSR count). The first-order valence-corrected chi connectivity index (χ1v) is 7.95. The maximum Gasteiger partial charge on any atom is 0.123 e. The van der Waals surface area contributed by atoms with E-state index in [4.69, 9.17) is 0 Å². The molecule has 1 N–H and O–H groups in total. The van der Waals surface area contributed by atoms with E-state index in [1.807, 2.05) is 6.08 Å². The smallest absolute Gasteiger partial charge is 0.123 e. The van der Waals surface area contributed by atoms with Gasteiger partial charge < -0.3 is 5.11 Å². The minimum absolute atomic E-state index is 0.198. The molecular weight excluding hydrogens is 265 g/mol. The van der Waals surface area contributed by atoms with E-state index in [0.29, 0.717) is 11.8 Å². The van der Waals surface area contributed by atoms with Gasteiger partial charge in [-0.3, -0.25) is 4.90 Å². The maximum atomic E-state index is 12.8. The first-order valence-electron chi connectivity index (χ1n) is 7.95. The molecule has 1 aliphatic heterocycles. The van der Waals surface area contributed by atoms with Gasteiger partial charge in [-0.15, -0.1) is 0 Å². The van der Waals surface area contributed by atoms with Crippen LogP contribution >= 0.6 is 0 Å². The van der Waals surface area contributed by atoms with Crippen LogP contribution in [0.2, 0.25) is 0 Å². The molecule has 0 radical (unpaired) electrons. The molecule has 0 spiro atoms. The van der Waals surface area contributed by atoms with Crippen molar-refractivity contribution in [2.24, 2.45) is 11.8 Å². The van der Waals surface area contributed by atoms with Crippen LogP contribution in [0.15, 0.2) is 30.3 Å². The Morgan fingerprint density at radius 2 is 2.05 bits per heavy atom. The normalized spacial score (nSPS) is 30.9. The van der Waals surface area contributed by atoms with Gasteiger partial charge in [0.15, 0.2) is 0 Å². The predicted molar refractivity (Wildman–Crippen MR) is 83.3 cm³/mol. The Kier molecular flexibility index (Phi) is 4.14. The number of benzene rings is 1. The van der Waals surface area contributed by atoms with Gasteiger partial charge in [0, 0.05) is 19.6 Å². The summed E-state index contributed by atoms with van der Waals surface area (Å²) in [5, 5.41) is 10.7. The fourth-order valence-corrected chi connectivity index (χ4v) is 3.49. The van der Waals surface area contributed by atoms with Crippen molar-refractivity contribution < 1.29 is 9.50 Å². The first kappa shape index (κ1) is 14.7. The second-order valence-corrected chi connectivity index (χ2v) is 6.63. The van der Waals surface area contributed by atoms with E-state index in [0.717, 1.165) is 31.6 Å². The minimum atomic E-state index is -0.419. The Morgan fingerprint density at radius 1 is 1.33 bits per heavy atom. The molecule has 21 heavy (non-hydrogen) atoms. The molecule has 0 amide bonds. The summed E-state index contributed by atoms with van der Waals surface area (Å²) in [6.45, 7) is 4.99. The van der Waals surface area contributed by atoms with Crippen LogP contribution in [0.25, 0.3) is 6.08 Å². The average molecular weight is 289 g/mol. The number of aliphatic hydroxyl groups is 1. The third kappa shape index (κ3) is 3.35. The van der Waals surface area contributed by atoms with Gasteiger partial charge in [-0.1, -0.05) is 31.2 Å². The summed E-state index contributed by atoms with van der Waals surface area (Å²) in [4.78, 5) is 2.39. The summed E-state index contributed by atoms with van der Waals surface area (Å²) >= 11 is 0. The van der Waals surface area contributed by atoms with Crippen LogP contribution < -0.4 is 0 Å². The van der Waals surface area contributed by atoms with E-state index >= 15 is 0 Å². The highest BCUT2D eigenvalue weighted by Gasteiger charge is 2.49. The SMILES string of the molecule is C[C@@H]1CN(CC=Cc2ccc(F)cc2)CC[C@@]1(O)C1CC1. The molecule has 114 valence electrons. The molecule has 0 bridgehead atoms. The van der Waals surface area contributed by atoms with E-state index in [-0.39, 0.29) is 5.82 Å². The van der Waals surface area contributed by atoms with E-state index in [9.17, 15) is 9.50 Å². The van der Waals surface area contributed by atoms with Crippen molar-refractivity contribution in [3.8, 4) is 0 Å². The molecule has 1 aliphatic carbocycles. The highest BCUT2D eigenvalue weighted by molar-refractivity contribution is 5.48. The number of nitrogens with zero attached hydrogens (tertiary/aromatic N) is 1. The van der Waals surface area contributed by atoms with Gasteiger partial charge in [0.05, 0.1) is 5.60 Å². The zero-order valence-electron chi connectivity index (χ0n) is 12.6. The van der Waals surface area contributed by atoms with Crippen molar-refractivity contribution >= 4 is 6.08 Å². The van der Waals surface area contributed by atoms with Crippen molar-refractivity contribution in [3.05, 3.63) is 41.7 Å². The zero-order chi connectivity index (χ0) is 14.9. The van der Waals surface area contributed by atoms with Crippen LogP contribution in [0, 0.1) is 17.7 Å². The molecule has 1 aromatic carbocycles. The van der Waals surface area contributed by atoms with Crippen LogP contribution in [-0.2, 0) is 0 Å². The molecule has 1 saturated carbocycles. The quantitative estimate of drug-likeness (QED) is 0.919. The van der Waals surface area contributed by atoms with Gasteiger partial charge in [-0.2, -0.15) is 0 Å². The van der Waals surface area contributed by atoms with Gasteiger partial charge >= 0.3 is 0 Å². The molecule has 2 nitrogen and oxygen atoms in total. The van der Waals surface area contributed by atoms with E-state index in [2.05, 4.69) is 17.9 Å². The maximum absolute atomic E-state index is 12.8. The number of hydrogen-bond donors (Lipinski definition) is 1. The third-order valence-corrected chi connectivity index (χ3v) is 5.04. The summed E-state index contributed by atoms with van der Waals surface area (Å²) in [6.07, 6.45) is 7.45. The van der Waals surface area contributed by atoms with Gasteiger partial charge in [0.2, 0.25) is 0 Å². The van der Waals surface area contributed by atoms with Crippen LogP contribution in [0.5, 0.6) is 0 Å². The Balaban J connectivity index is 1.51. The minimum Gasteiger partial charge on any atom is -0.389 e. The van der Waals surface area contributed by atoms with Gasteiger partial charge in [0.25, 0.3) is 0 Å². The monoisotopic (exact) mass is 289 g/mol. The molecule has 2 fully saturated rings. The van der Waals surface area contributed by atoms with E-state index < -0.39 is 5.60 Å². The number of halogens is 1. The van der Waals surface area contributed by atoms with Crippen molar-refractivity contribution in [1.82, 2.24) is 4.90 Å². The number of hydrogen-bond acceptors (Lipinski definition) is 2. The molecule has 3 heteroatoms. The topological polar surface area (TPSA) is 23.5 Å². The summed E-state index contributed by atoms with van der Waals surface area (Å²) in [5.74, 6) is 0.693. The van der Waals surface area contributed by atoms with E-state index in [1.165, 1.54) is 25.0 Å². The fraction of sp³-hybridized carbons (Fsp3) is 0.556. The van der Waals surface area contributed by atoms with Crippen LogP contribution in [0.4, 0.5) is 4.39 Å². The Bertz CT molecular complexity index is 508. The summed E-state index contributed by atoms with van der Waals surface area (Å²) < 4.78 is 12.8. The molecule has 1 saturated heterocycles. The first-order chi connectivity index (χ1) is 10.1. The van der Waals surface area contributed by atoms with Crippen molar-refractivity contribution in [1.29, 1.82) is 0 Å². The molecular formula is C18H24FNO. The second-order valence-electron chi connectivity index (χ2n) is 6.63. The molecule has 1 aromatic rings. The Hall–Kier alpha value is -1.19. The van der Waals surface area contributed by atoms with Crippen LogP contribution in [0.1, 0.15) is 31.7 Å². The largest absolute Gasteiger partial charge is 0.389 e. The average Bonchev–Trinajstić information content (AvgIpc) is 3.30. The van der Waals surface area contributed by atoms with Gasteiger partial charge in [-0.05, 0) is 48.8 Å². The highest BCUT2D eigenvalue weighted by Crippen LogP contribution is 2.47. The highest BCUT2D eigenvalue weighted by atomic mass is 19.1. The number of likely N-dealkylation sites (tertiary alicyclic amines) is 1. The third-order valence-electron chi connectivity index (χ3n) is 5.04. The fourth-order valence-electron chi connectivity index (χ4n) is 3.49. The Morgan fingerprint density at radius 3 is 2.67 bits per heavy atom. The molecule has 0 unspecified atom stereocenters. The van der Waals surface area contributed by atoms with E-state index in [1.54, 1.807) is 12.1 Å². The van der Waals surface area contributed by atoms with Gasteiger partial charge in [0.1, 0.15) is 5.82 Å². The number of rotatable bonds is 4. The number of piperidine rings is 1. The predicted octanol–water partition coefficient (Wildman–Crippen LogP) is 3.32. The molecule has 1 heterocycles. The molecule has 2 atom stereocenters. The lowest BCUT2D eigenvalue weighted by molar-refractivity contribution is -0.0796. The van der Waals surface area contributed by atoms with Crippen molar-refractivity contribution in [2.45, 2.75) is 31.8 Å². The van der Waals surface area contributed by atoms with Crippen LogP contribution in [-0.4, -0.2) is 35.2 Å². The summed E-state index contributed by atoms with van der Waals surface area (Å²) in [7, 11) is 0. The lowest BCUT2D eigenvalue weighted by atomic mass is 9.78. The van der Waals surface area contributed by atoms with Crippen molar-refractivity contribution in [2.75, 3.05) is 19.6 Å². The Labute approximate surface area is 126 Å². The summed E-state index contributed by atoms with van der Waals surface area (Å²) in [6, 6.07) is 6.55. The lowest BCUT2D eigenvalue weighted by Gasteiger charge is -2.43.